The Morgan fingerprint density at radius 1 is 0.950 bits per heavy atom. The van der Waals surface area contributed by atoms with Crippen molar-refractivity contribution >= 4 is 0 Å². The summed E-state index contributed by atoms with van der Waals surface area (Å²) in [6, 6.07) is 10.1. The van der Waals surface area contributed by atoms with Crippen LogP contribution in [0.2, 0.25) is 0 Å². The second-order valence-corrected chi connectivity index (χ2v) is 6.15. The van der Waals surface area contributed by atoms with E-state index < -0.39 is 11.4 Å². The first-order valence-electron chi connectivity index (χ1n) is 8.10. The molecule has 1 saturated heterocycles. The molecule has 1 aromatic rings. The van der Waals surface area contributed by atoms with Gasteiger partial charge in [0.1, 0.15) is 5.60 Å². The fraction of sp³-hybridized carbons (Fsp3) is 0.667. The first kappa shape index (κ1) is 15.5. The Morgan fingerprint density at radius 3 is 2.05 bits per heavy atom. The molecule has 1 aliphatic rings. The van der Waals surface area contributed by atoms with E-state index >= 15 is 0 Å². The van der Waals surface area contributed by atoms with Crippen LogP contribution in [0.5, 0.6) is 0 Å². The van der Waals surface area contributed by atoms with Gasteiger partial charge < -0.3 is 9.84 Å². The van der Waals surface area contributed by atoms with Crippen LogP contribution in [-0.4, -0.2) is 10.9 Å². The smallest absolute Gasteiger partial charge is 0.197 e. The van der Waals surface area contributed by atoms with Gasteiger partial charge in [-0.2, -0.15) is 0 Å². The lowest BCUT2D eigenvalue weighted by molar-refractivity contribution is 0.0547. The molecule has 20 heavy (non-hydrogen) atoms. The van der Waals surface area contributed by atoms with Crippen LogP contribution in [0.4, 0.5) is 0 Å². The molecule has 2 atom stereocenters. The van der Waals surface area contributed by atoms with Gasteiger partial charge in [0, 0.05) is 0 Å². The Bertz CT molecular complexity index is 399. The first-order valence-corrected chi connectivity index (χ1v) is 8.10. The molecule has 1 fully saturated rings. The monoisotopic (exact) mass is 276 g/mol. The molecule has 2 heteroatoms. The molecule has 0 aliphatic carbocycles. The second-order valence-electron chi connectivity index (χ2n) is 6.15. The van der Waals surface area contributed by atoms with Crippen molar-refractivity contribution in [3.8, 4) is 0 Å². The molecular formula is C18H28O2. The molecule has 2 nitrogen and oxygen atoms in total. The van der Waals surface area contributed by atoms with Gasteiger partial charge in [-0.25, -0.2) is 0 Å². The lowest BCUT2D eigenvalue weighted by Gasteiger charge is -2.14. The van der Waals surface area contributed by atoms with Crippen molar-refractivity contribution in [2.75, 3.05) is 0 Å². The summed E-state index contributed by atoms with van der Waals surface area (Å²) >= 11 is 0. The Labute approximate surface area is 123 Å². The normalized spacial score (nSPS) is 28.6. The van der Waals surface area contributed by atoms with Gasteiger partial charge in [0.05, 0.1) is 0 Å². The highest BCUT2D eigenvalue weighted by molar-refractivity contribution is 5.30. The van der Waals surface area contributed by atoms with Gasteiger partial charge in [0.2, 0.25) is 0 Å². The van der Waals surface area contributed by atoms with Gasteiger partial charge in [-0.1, -0.05) is 82.2 Å². The van der Waals surface area contributed by atoms with Gasteiger partial charge in [-0.3, -0.25) is 0 Å². The third-order valence-electron chi connectivity index (χ3n) is 4.45. The zero-order chi connectivity index (χ0) is 14.5. The van der Waals surface area contributed by atoms with Crippen molar-refractivity contribution in [1.82, 2.24) is 0 Å². The molecule has 0 bridgehead atoms. The molecule has 0 spiro atoms. The van der Waals surface area contributed by atoms with Gasteiger partial charge in [0.25, 0.3) is 0 Å². The number of ether oxygens (including phenoxy) is 1. The molecule has 0 aromatic heterocycles. The quantitative estimate of drug-likeness (QED) is 0.521. The third-order valence-corrected chi connectivity index (χ3v) is 4.45. The van der Waals surface area contributed by atoms with E-state index in [1.165, 1.54) is 38.5 Å². The van der Waals surface area contributed by atoms with Crippen LogP contribution in [-0.2, 0) is 10.3 Å². The average molecular weight is 276 g/mol. The number of epoxide rings is 1. The van der Waals surface area contributed by atoms with E-state index in [4.69, 9.17) is 4.74 Å². The van der Waals surface area contributed by atoms with E-state index in [0.717, 1.165) is 18.4 Å². The predicted molar refractivity (Wildman–Crippen MR) is 82.4 cm³/mol. The van der Waals surface area contributed by atoms with Gasteiger partial charge in [-0.15, -0.1) is 0 Å². The van der Waals surface area contributed by atoms with E-state index in [2.05, 4.69) is 19.1 Å². The zero-order valence-electron chi connectivity index (χ0n) is 12.9. The summed E-state index contributed by atoms with van der Waals surface area (Å²) in [7, 11) is 0. The summed E-state index contributed by atoms with van der Waals surface area (Å²) in [5, 5.41) is 10.2. The molecule has 1 N–H and O–H groups in total. The highest BCUT2D eigenvalue weighted by Gasteiger charge is 2.66. The van der Waals surface area contributed by atoms with Crippen molar-refractivity contribution in [2.24, 2.45) is 0 Å². The predicted octanol–water partition coefficient (Wildman–Crippen LogP) is 4.76. The molecule has 0 radical (unpaired) electrons. The fourth-order valence-corrected chi connectivity index (χ4v) is 3.11. The molecule has 1 heterocycles. The van der Waals surface area contributed by atoms with Crippen LogP contribution in [0.15, 0.2) is 30.3 Å². The Morgan fingerprint density at radius 2 is 1.50 bits per heavy atom. The third kappa shape index (κ3) is 3.42. The van der Waals surface area contributed by atoms with Crippen molar-refractivity contribution in [1.29, 1.82) is 0 Å². The summed E-state index contributed by atoms with van der Waals surface area (Å²) in [6.07, 6.45) is 9.91. The summed E-state index contributed by atoms with van der Waals surface area (Å²) < 4.78 is 5.68. The fourth-order valence-electron chi connectivity index (χ4n) is 3.11. The number of hydrogen-bond acceptors (Lipinski definition) is 2. The minimum atomic E-state index is -0.990. The molecule has 0 amide bonds. The minimum absolute atomic E-state index is 0.461. The maximum Gasteiger partial charge on any atom is 0.197 e. The van der Waals surface area contributed by atoms with E-state index in [0.29, 0.717) is 0 Å². The van der Waals surface area contributed by atoms with Crippen molar-refractivity contribution in [3.63, 3.8) is 0 Å². The van der Waals surface area contributed by atoms with Crippen LogP contribution >= 0.6 is 0 Å². The van der Waals surface area contributed by atoms with E-state index in [9.17, 15) is 5.11 Å². The largest absolute Gasteiger partial charge is 0.363 e. The van der Waals surface area contributed by atoms with Crippen LogP contribution in [0.3, 0.4) is 0 Å². The minimum Gasteiger partial charge on any atom is -0.363 e. The average Bonchev–Trinajstić information content (AvgIpc) is 3.02. The molecule has 1 aliphatic heterocycles. The molecule has 2 unspecified atom stereocenters. The molecule has 1 aromatic carbocycles. The van der Waals surface area contributed by atoms with Gasteiger partial charge >= 0.3 is 0 Å². The SMILES string of the molecule is CCCCCCCCCC1(c2ccccc2)OC1(C)O. The summed E-state index contributed by atoms with van der Waals surface area (Å²) in [5.74, 6) is -0.990. The lowest BCUT2D eigenvalue weighted by Crippen LogP contribution is -2.20. The summed E-state index contributed by atoms with van der Waals surface area (Å²) in [6.45, 7) is 4.03. The van der Waals surface area contributed by atoms with E-state index in [1.54, 1.807) is 6.92 Å². The zero-order valence-corrected chi connectivity index (χ0v) is 12.9. The van der Waals surface area contributed by atoms with Crippen LogP contribution < -0.4 is 0 Å². The number of aliphatic hydroxyl groups is 1. The van der Waals surface area contributed by atoms with Gasteiger partial charge in [-0.05, 0) is 18.9 Å². The Balaban J connectivity index is 1.78. The van der Waals surface area contributed by atoms with Crippen molar-refractivity contribution in [2.45, 2.75) is 76.6 Å². The van der Waals surface area contributed by atoms with Crippen LogP contribution in [0.1, 0.15) is 70.8 Å². The summed E-state index contributed by atoms with van der Waals surface area (Å²) in [5.41, 5.74) is 0.647. The van der Waals surface area contributed by atoms with E-state index in [1.807, 2.05) is 18.2 Å². The van der Waals surface area contributed by atoms with E-state index in [-0.39, 0.29) is 0 Å². The number of hydrogen-bond donors (Lipinski definition) is 1. The maximum atomic E-state index is 10.2. The number of unbranched alkanes of at least 4 members (excludes halogenated alkanes) is 6. The highest BCUT2D eigenvalue weighted by atomic mass is 16.7. The van der Waals surface area contributed by atoms with Crippen LogP contribution in [0, 0.1) is 0 Å². The summed E-state index contributed by atoms with van der Waals surface area (Å²) in [4.78, 5) is 0. The first-order chi connectivity index (χ1) is 9.62. The molecule has 112 valence electrons. The van der Waals surface area contributed by atoms with Crippen molar-refractivity contribution in [3.05, 3.63) is 35.9 Å². The molecular weight excluding hydrogens is 248 g/mol. The number of rotatable bonds is 9. The molecule has 0 saturated carbocycles. The molecule has 2 rings (SSSR count). The number of benzene rings is 1. The highest BCUT2D eigenvalue weighted by Crippen LogP contribution is 2.56. The topological polar surface area (TPSA) is 32.8 Å². The van der Waals surface area contributed by atoms with Crippen molar-refractivity contribution < 1.29 is 9.84 Å². The second kappa shape index (κ2) is 6.73. The van der Waals surface area contributed by atoms with Crippen LogP contribution in [0.25, 0.3) is 0 Å². The Kier molecular flexibility index (Phi) is 5.22. The lowest BCUT2D eigenvalue weighted by atomic mass is 9.88. The Hall–Kier alpha value is -0.860. The van der Waals surface area contributed by atoms with Gasteiger partial charge in [0.15, 0.2) is 5.79 Å². The standard InChI is InChI=1S/C18H28O2/c1-3-4-5-6-7-8-12-15-18(17(2,19)20-18)16-13-10-9-11-14-16/h9-11,13-14,19H,3-8,12,15H2,1-2H3. The maximum absolute atomic E-state index is 10.2.